The highest BCUT2D eigenvalue weighted by atomic mass is 19.1. The molecule has 3 aromatic carbocycles. The smallest absolute Gasteiger partial charge is 0.307 e. The maximum absolute atomic E-state index is 13.4. The van der Waals surface area contributed by atoms with Crippen molar-refractivity contribution in [3.63, 3.8) is 0 Å². The fourth-order valence-electron chi connectivity index (χ4n) is 4.35. The monoisotopic (exact) mass is 445 g/mol. The van der Waals surface area contributed by atoms with Gasteiger partial charge in [0.25, 0.3) is 5.91 Å². The third-order valence-electron chi connectivity index (χ3n) is 6.24. The van der Waals surface area contributed by atoms with Crippen molar-refractivity contribution in [2.75, 3.05) is 5.32 Å². The van der Waals surface area contributed by atoms with Crippen LogP contribution in [0.25, 0.3) is 11.1 Å². The molecule has 1 fully saturated rings. The van der Waals surface area contributed by atoms with Crippen LogP contribution in [0.3, 0.4) is 0 Å². The third kappa shape index (κ3) is 4.85. The standard InChI is InChI=1S/C27H24FNO4/c1-16-15-20(11-14-24(16)28)26(31)29-21-12-9-18(10-13-21)17-5-7-19(8-6-17)25(30)22-3-2-4-23(22)27(32)33/h5-15,22-23H,2-4H2,1H3,(H,29,31)(H,32,33)/t22-,23-/m1/s1. The second kappa shape index (κ2) is 9.36. The van der Waals surface area contributed by atoms with Crippen LogP contribution in [-0.4, -0.2) is 22.8 Å². The van der Waals surface area contributed by atoms with E-state index in [4.69, 9.17) is 0 Å². The third-order valence-corrected chi connectivity index (χ3v) is 6.24. The number of amides is 1. The summed E-state index contributed by atoms with van der Waals surface area (Å²) >= 11 is 0. The van der Waals surface area contributed by atoms with Crippen LogP contribution in [0, 0.1) is 24.6 Å². The summed E-state index contributed by atoms with van der Waals surface area (Å²) in [6.07, 6.45) is 1.92. The van der Waals surface area contributed by atoms with Crippen molar-refractivity contribution in [1.82, 2.24) is 0 Å². The molecule has 1 saturated carbocycles. The molecule has 0 spiro atoms. The van der Waals surface area contributed by atoms with Gasteiger partial charge in [0.05, 0.1) is 5.92 Å². The molecular weight excluding hydrogens is 421 g/mol. The molecule has 4 rings (SSSR count). The number of aryl methyl sites for hydroxylation is 1. The molecule has 1 aliphatic carbocycles. The van der Waals surface area contributed by atoms with E-state index in [1.807, 2.05) is 24.3 Å². The van der Waals surface area contributed by atoms with Crippen LogP contribution in [0.4, 0.5) is 10.1 Å². The average Bonchev–Trinajstić information content (AvgIpc) is 3.31. The van der Waals surface area contributed by atoms with Crippen molar-refractivity contribution in [2.45, 2.75) is 26.2 Å². The van der Waals surface area contributed by atoms with Gasteiger partial charge >= 0.3 is 5.97 Å². The molecule has 1 aliphatic rings. The lowest BCUT2D eigenvalue weighted by Gasteiger charge is -2.14. The molecule has 1 amide bonds. The first-order valence-corrected chi connectivity index (χ1v) is 10.9. The van der Waals surface area contributed by atoms with Crippen LogP contribution in [0.15, 0.2) is 66.7 Å². The van der Waals surface area contributed by atoms with Crippen molar-refractivity contribution >= 4 is 23.3 Å². The molecule has 0 bridgehead atoms. The van der Waals surface area contributed by atoms with E-state index >= 15 is 0 Å². The van der Waals surface area contributed by atoms with E-state index in [0.29, 0.717) is 35.2 Å². The number of anilines is 1. The molecule has 0 radical (unpaired) electrons. The number of ketones is 1. The van der Waals surface area contributed by atoms with Crippen molar-refractivity contribution in [3.05, 3.63) is 89.2 Å². The van der Waals surface area contributed by atoms with E-state index in [9.17, 15) is 23.9 Å². The first-order chi connectivity index (χ1) is 15.8. The number of halogens is 1. The van der Waals surface area contributed by atoms with E-state index in [1.165, 1.54) is 18.2 Å². The molecule has 0 heterocycles. The summed E-state index contributed by atoms with van der Waals surface area (Å²) in [5, 5.41) is 12.1. The molecule has 2 atom stereocenters. The molecule has 168 valence electrons. The molecule has 5 nitrogen and oxygen atoms in total. The van der Waals surface area contributed by atoms with Crippen molar-refractivity contribution in [1.29, 1.82) is 0 Å². The SMILES string of the molecule is Cc1cc(C(=O)Nc2ccc(-c3ccc(C(=O)[C@@H]4CCC[C@H]4C(=O)O)cc3)cc2)ccc1F. The van der Waals surface area contributed by atoms with Crippen LogP contribution >= 0.6 is 0 Å². The zero-order valence-electron chi connectivity index (χ0n) is 18.2. The van der Waals surface area contributed by atoms with Crippen LogP contribution < -0.4 is 5.32 Å². The number of carbonyl (C=O) groups excluding carboxylic acids is 2. The summed E-state index contributed by atoms with van der Waals surface area (Å²) in [7, 11) is 0. The van der Waals surface area contributed by atoms with E-state index in [2.05, 4.69) is 5.32 Å². The Labute approximate surface area is 191 Å². The van der Waals surface area contributed by atoms with Gasteiger partial charge in [-0.15, -0.1) is 0 Å². The van der Waals surface area contributed by atoms with Gasteiger partial charge in [0, 0.05) is 22.7 Å². The van der Waals surface area contributed by atoms with Crippen LogP contribution in [0.5, 0.6) is 0 Å². The zero-order chi connectivity index (χ0) is 23.5. The van der Waals surface area contributed by atoms with Gasteiger partial charge in [-0.05, 0) is 66.8 Å². The van der Waals surface area contributed by atoms with Gasteiger partial charge in [0.15, 0.2) is 5.78 Å². The Balaban J connectivity index is 1.43. The number of rotatable bonds is 6. The number of benzene rings is 3. The van der Waals surface area contributed by atoms with Crippen LogP contribution in [0.2, 0.25) is 0 Å². The molecule has 33 heavy (non-hydrogen) atoms. The Hall–Kier alpha value is -3.80. The quantitative estimate of drug-likeness (QED) is 0.474. The lowest BCUT2D eigenvalue weighted by atomic mass is 9.88. The minimum atomic E-state index is -0.899. The van der Waals surface area contributed by atoms with Gasteiger partial charge in [-0.3, -0.25) is 14.4 Å². The number of Topliss-reactive ketones (excluding diaryl/α,β-unsaturated/α-hetero) is 1. The van der Waals surface area contributed by atoms with E-state index < -0.39 is 17.8 Å². The summed E-state index contributed by atoms with van der Waals surface area (Å²) < 4.78 is 13.4. The van der Waals surface area contributed by atoms with Gasteiger partial charge in [-0.2, -0.15) is 0 Å². The maximum atomic E-state index is 13.4. The highest BCUT2D eigenvalue weighted by Gasteiger charge is 2.37. The normalized spacial score (nSPS) is 17.5. The number of carboxylic acid groups (broad SMARTS) is 1. The Kier molecular flexibility index (Phi) is 6.36. The lowest BCUT2D eigenvalue weighted by molar-refractivity contribution is -0.142. The minimum Gasteiger partial charge on any atom is -0.481 e. The fourth-order valence-corrected chi connectivity index (χ4v) is 4.35. The summed E-state index contributed by atoms with van der Waals surface area (Å²) in [5.41, 5.74) is 3.74. The molecule has 0 saturated heterocycles. The second-order valence-corrected chi connectivity index (χ2v) is 8.42. The topological polar surface area (TPSA) is 83.5 Å². The molecule has 6 heteroatoms. The van der Waals surface area contributed by atoms with E-state index in [1.54, 1.807) is 31.2 Å². The Morgan fingerprint density at radius 2 is 1.42 bits per heavy atom. The summed E-state index contributed by atoms with van der Waals surface area (Å²) in [5.74, 6) is -2.74. The van der Waals surface area contributed by atoms with Gasteiger partial charge in [0.2, 0.25) is 0 Å². The summed E-state index contributed by atoms with van der Waals surface area (Å²) in [4.78, 5) is 36.6. The molecule has 0 aromatic heterocycles. The van der Waals surface area contributed by atoms with Gasteiger partial charge in [-0.1, -0.05) is 42.8 Å². The first-order valence-electron chi connectivity index (χ1n) is 10.9. The molecule has 2 N–H and O–H groups in total. The van der Waals surface area contributed by atoms with E-state index in [-0.39, 0.29) is 17.5 Å². The van der Waals surface area contributed by atoms with Gasteiger partial charge in [-0.25, -0.2) is 4.39 Å². The lowest BCUT2D eigenvalue weighted by Crippen LogP contribution is -2.25. The number of hydrogen-bond donors (Lipinski definition) is 2. The largest absolute Gasteiger partial charge is 0.481 e. The number of hydrogen-bond acceptors (Lipinski definition) is 3. The number of nitrogens with one attached hydrogen (secondary N) is 1. The van der Waals surface area contributed by atoms with Gasteiger partial charge < -0.3 is 10.4 Å². The molecular formula is C27H24FNO4. The molecule has 3 aromatic rings. The summed E-state index contributed by atoms with van der Waals surface area (Å²) in [6, 6.07) is 18.7. The number of carbonyl (C=O) groups is 3. The van der Waals surface area contributed by atoms with Crippen molar-refractivity contribution in [3.8, 4) is 11.1 Å². The van der Waals surface area contributed by atoms with Crippen LogP contribution in [0.1, 0.15) is 45.5 Å². The van der Waals surface area contributed by atoms with Crippen molar-refractivity contribution < 1.29 is 23.9 Å². The Bertz CT molecular complexity index is 1200. The summed E-state index contributed by atoms with van der Waals surface area (Å²) in [6.45, 7) is 1.61. The highest BCUT2D eigenvalue weighted by molar-refractivity contribution is 6.04. The number of aliphatic carboxylic acids is 1. The fraction of sp³-hybridized carbons (Fsp3) is 0.222. The van der Waals surface area contributed by atoms with Crippen molar-refractivity contribution in [2.24, 2.45) is 11.8 Å². The minimum absolute atomic E-state index is 0.111. The predicted molar refractivity (Wildman–Crippen MR) is 124 cm³/mol. The van der Waals surface area contributed by atoms with E-state index in [0.717, 1.165) is 17.5 Å². The predicted octanol–water partition coefficient (Wildman–Crippen LogP) is 5.74. The first kappa shape index (κ1) is 22.4. The second-order valence-electron chi connectivity index (χ2n) is 8.42. The highest BCUT2D eigenvalue weighted by Crippen LogP contribution is 2.35. The Morgan fingerprint density at radius 3 is 2.03 bits per heavy atom. The number of carboxylic acids is 1. The maximum Gasteiger partial charge on any atom is 0.307 e. The van der Waals surface area contributed by atoms with Gasteiger partial charge in [0.1, 0.15) is 5.82 Å². The molecule has 0 unspecified atom stereocenters. The zero-order valence-corrected chi connectivity index (χ0v) is 18.2. The molecule has 0 aliphatic heterocycles. The Morgan fingerprint density at radius 1 is 0.848 bits per heavy atom. The average molecular weight is 445 g/mol. The van der Waals surface area contributed by atoms with Crippen LogP contribution in [-0.2, 0) is 4.79 Å².